The Labute approximate surface area is 134 Å². The van der Waals surface area contributed by atoms with Gasteiger partial charge < -0.3 is 20.1 Å². The number of hydrogen-bond donors (Lipinski definition) is 2. The number of aliphatic carboxylic acids is 1. The third-order valence-corrected chi connectivity index (χ3v) is 4.23. The summed E-state index contributed by atoms with van der Waals surface area (Å²) < 4.78 is 5.30. The summed E-state index contributed by atoms with van der Waals surface area (Å²) in [5.41, 5.74) is -0.465. The minimum Gasteiger partial charge on any atom is -0.481 e. The van der Waals surface area contributed by atoms with Gasteiger partial charge in [0.15, 0.2) is 0 Å². The molecular formula is C15H22N2O4S. The third kappa shape index (κ3) is 4.99. The highest BCUT2D eigenvalue weighted by Crippen LogP contribution is 2.19. The lowest BCUT2D eigenvalue weighted by Gasteiger charge is -2.40. The molecule has 0 radical (unpaired) electrons. The number of carboxylic acid groups (broad SMARTS) is 1. The van der Waals surface area contributed by atoms with E-state index in [0.717, 1.165) is 9.75 Å². The molecule has 2 rings (SSSR count). The highest BCUT2D eigenvalue weighted by Gasteiger charge is 2.33. The molecular weight excluding hydrogens is 304 g/mol. The van der Waals surface area contributed by atoms with Crippen LogP contribution >= 0.6 is 11.3 Å². The summed E-state index contributed by atoms with van der Waals surface area (Å²) in [6.45, 7) is 7.53. The molecule has 22 heavy (non-hydrogen) atoms. The van der Waals surface area contributed by atoms with Crippen molar-refractivity contribution < 1.29 is 19.4 Å². The predicted octanol–water partition coefficient (Wildman–Crippen LogP) is 2.08. The van der Waals surface area contributed by atoms with Crippen LogP contribution in [0, 0.1) is 0 Å². The molecule has 1 aliphatic rings. The normalized spacial score (nSPS) is 15.5. The van der Waals surface area contributed by atoms with Crippen molar-refractivity contribution >= 4 is 23.4 Å². The van der Waals surface area contributed by atoms with Gasteiger partial charge in [-0.2, -0.15) is 0 Å². The number of rotatable bonds is 5. The summed E-state index contributed by atoms with van der Waals surface area (Å²) in [4.78, 5) is 26.1. The van der Waals surface area contributed by atoms with E-state index >= 15 is 0 Å². The van der Waals surface area contributed by atoms with Gasteiger partial charge in [0.25, 0.3) is 0 Å². The van der Waals surface area contributed by atoms with Crippen molar-refractivity contribution in [2.24, 2.45) is 0 Å². The van der Waals surface area contributed by atoms with Crippen molar-refractivity contribution in [2.45, 2.75) is 45.4 Å². The lowest BCUT2D eigenvalue weighted by atomic mass is 10.1. The van der Waals surface area contributed by atoms with E-state index < -0.39 is 11.6 Å². The highest BCUT2D eigenvalue weighted by molar-refractivity contribution is 7.12. The van der Waals surface area contributed by atoms with Crippen LogP contribution in [0.1, 0.15) is 30.5 Å². The first-order chi connectivity index (χ1) is 10.2. The third-order valence-electron chi connectivity index (χ3n) is 3.14. The Morgan fingerprint density at radius 1 is 1.36 bits per heavy atom. The molecule has 0 aromatic carbocycles. The lowest BCUT2D eigenvalue weighted by Crippen LogP contribution is -2.60. The monoisotopic (exact) mass is 326 g/mol. The van der Waals surface area contributed by atoms with Crippen molar-refractivity contribution in [1.29, 1.82) is 0 Å². The molecule has 2 heterocycles. The molecule has 1 amide bonds. The maximum atomic E-state index is 11.8. The highest BCUT2D eigenvalue weighted by atomic mass is 32.1. The Morgan fingerprint density at radius 2 is 2.00 bits per heavy atom. The number of hydrogen-bond acceptors (Lipinski definition) is 5. The van der Waals surface area contributed by atoms with Gasteiger partial charge in [0.05, 0.1) is 6.42 Å². The fourth-order valence-electron chi connectivity index (χ4n) is 2.09. The van der Waals surface area contributed by atoms with E-state index in [9.17, 15) is 9.59 Å². The summed E-state index contributed by atoms with van der Waals surface area (Å²) in [6, 6.07) is 4.06. The molecule has 1 aromatic rings. The second kappa shape index (κ2) is 6.66. The zero-order valence-electron chi connectivity index (χ0n) is 13.1. The zero-order chi connectivity index (χ0) is 16.3. The molecule has 1 aromatic heterocycles. The summed E-state index contributed by atoms with van der Waals surface area (Å²) in [5, 5.41) is 12.1. The van der Waals surface area contributed by atoms with Gasteiger partial charge in [-0.05, 0) is 32.9 Å². The first kappa shape index (κ1) is 16.8. The van der Waals surface area contributed by atoms with Gasteiger partial charge in [-0.1, -0.05) is 0 Å². The van der Waals surface area contributed by atoms with E-state index in [0.29, 0.717) is 19.6 Å². The Bertz CT molecular complexity index is 544. The number of carbonyl (C=O) groups is 2. The molecule has 1 aliphatic heterocycles. The van der Waals surface area contributed by atoms with Crippen LogP contribution in [0.3, 0.4) is 0 Å². The molecule has 0 aliphatic carbocycles. The van der Waals surface area contributed by atoms with Gasteiger partial charge in [-0.15, -0.1) is 11.3 Å². The van der Waals surface area contributed by atoms with Crippen molar-refractivity contribution in [2.75, 3.05) is 13.1 Å². The first-order valence-electron chi connectivity index (χ1n) is 7.23. The average molecular weight is 326 g/mol. The Kier molecular flexibility index (Phi) is 5.08. The van der Waals surface area contributed by atoms with Gasteiger partial charge in [0.1, 0.15) is 5.60 Å². The number of carbonyl (C=O) groups excluding carboxylic acids is 1. The molecule has 1 fully saturated rings. The summed E-state index contributed by atoms with van der Waals surface area (Å²) >= 11 is 1.50. The van der Waals surface area contributed by atoms with E-state index in [-0.39, 0.29) is 18.6 Å². The molecule has 7 heteroatoms. The van der Waals surface area contributed by atoms with Gasteiger partial charge in [-0.25, -0.2) is 4.79 Å². The summed E-state index contributed by atoms with van der Waals surface area (Å²) in [6.07, 6.45) is -0.203. The molecule has 1 saturated heterocycles. The fourth-order valence-corrected chi connectivity index (χ4v) is 3.05. The largest absolute Gasteiger partial charge is 0.481 e. The van der Waals surface area contributed by atoms with E-state index in [1.165, 1.54) is 11.3 Å². The van der Waals surface area contributed by atoms with Crippen LogP contribution in [-0.2, 0) is 22.5 Å². The molecule has 0 saturated carbocycles. The average Bonchev–Trinajstić information content (AvgIpc) is 2.71. The number of carboxylic acids is 1. The summed E-state index contributed by atoms with van der Waals surface area (Å²) in [5.74, 6) is -0.812. The smallest absolute Gasteiger partial charge is 0.410 e. The minimum atomic E-state index is -0.812. The van der Waals surface area contributed by atoms with Crippen LogP contribution in [0.5, 0.6) is 0 Å². The quantitative estimate of drug-likeness (QED) is 0.866. The number of nitrogens with zero attached hydrogens (tertiary/aromatic N) is 1. The standard InChI is InChI=1S/C15H22N2O4S/c1-15(2,3)21-14(20)17-8-10(9-17)16-7-12-5-4-11(22-12)6-13(18)19/h4-5,10,16H,6-9H2,1-3H3,(H,18,19). The van der Waals surface area contributed by atoms with Crippen LogP contribution in [0.2, 0.25) is 0 Å². The Balaban J connectivity index is 1.69. The molecule has 122 valence electrons. The Hall–Kier alpha value is -1.60. The number of ether oxygens (including phenoxy) is 1. The molecule has 6 nitrogen and oxygen atoms in total. The van der Waals surface area contributed by atoms with Crippen molar-refractivity contribution in [1.82, 2.24) is 10.2 Å². The van der Waals surface area contributed by atoms with E-state index in [4.69, 9.17) is 9.84 Å². The number of amides is 1. The van der Waals surface area contributed by atoms with Crippen LogP contribution in [0.25, 0.3) is 0 Å². The van der Waals surface area contributed by atoms with Crippen LogP contribution in [0.15, 0.2) is 12.1 Å². The first-order valence-corrected chi connectivity index (χ1v) is 8.05. The number of nitrogens with one attached hydrogen (secondary N) is 1. The predicted molar refractivity (Wildman–Crippen MR) is 84.1 cm³/mol. The lowest BCUT2D eigenvalue weighted by molar-refractivity contribution is -0.136. The van der Waals surface area contributed by atoms with Crippen LogP contribution < -0.4 is 5.32 Å². The molecule has 0 bridgehead atoms. The van der Waals surface area contributed by atoms with E-state index in [1.54, 1.807) is 4.90 Å². The fraction of sp³-hybridized carbons (Fsp3) is 0.600. The SMILES string of the molecule is CC(C)(C)OC(=O)N1CC(NCc2ccc(CC(=O)O)s2)C1. The van der Waals surface area contributed by atoms with Crippen LogP contribution in [0.4, 0.5) is 4.79 Å². The molecule has 0 atom stereocenters. The molecule has 2 N–H and O–H groups in total. The minimum absolute atomic E-state index is 0.0700. The number of likely N-dealkylation sites (tertiary alicyclic amines) is 1. The summed E-state index contributed by atoms with van der Waals surface area (Å²) in [7, 11) is 0. The van der Waals surface area contributed by atoms with Gasteiger partial charge >= 0.3 is 12.1 Å². The van der Waals surface area contributed by atoms with Crippen LogP contribution in [-0.4, -0.2) is 46.8 Å². The topological polar surface area (TPSA) is 78.9 Å². The van der Waals surface area contributed by atoms with Gasteiger partial charge in [0, 0.05) is 35.4 Å². The maximum absolute atomic E-state index is 11.8. The second-order valence-electron chi connectivity index (χ2n) is 6.40. The van der Waals surface area contributed by atoms with E-state index in [1.807, 2.05) is 32.9 Å². The van der Waals surface area contributed by atoms with E-state index in [2.05, 4.69) is 5.32 Å². The molecule has 0 spiro atoms. The van der Waals surface area contributed by atoms with Crippen molar-refractivity contribution in [3.63, 3.8) is 0 Å². The van der Waals surface area contributed by atoms with Gasteiger partial charge in [-0.3, -0.25) is 4.79 Å². The number of thiophene rings is 1. The zero-order valence-corrected chi connectivity index (χ0v) is 13.9. The van der Waals surface area contributed by atoms with Gasteiger partial charge in [0.2, 0.25) is 0 Å². The van der Waals surface area contributed by atoms with Crippen molar-refractivity contribution in [3.05, 3.63) is 21.9 Å². The Morgan fingerprint density at radius 3 is 2.59 bits per heavy atom. The molecule has 0 unspecified atom stereocenters. The van der Waals surface area contributed by atoms with Crippen molar-refractivity contribution in [3.8, 4) is 0 Å². The second-order valence-corrected chi connectivity index (χ2v) is 7.65. The maximum Gasteiger partial charge on any atom is 0.410 e.